The number of sulfone groups is 1. The third-order valence-corrected chi connectivity index (χ3v) is 4.24. The molecule has 0 bridgehead atoms. The highest BCUT2D eigenvalue weighted by Gasteiger charge is 2.15. The highest BCUT2D eigenvalue weighted by Crippen LogP contribution is 2.14. The van der Waals surface area contributed by atoms with Crippen molar-refractivity contribution < 1.29 is 27.6 Å². The van der Waals surface area contributed by atoms with Crippen LogP contribution in [0.15, 0.2) is 18.2 Å². The number of rotatable bonds is 7. The lowest BCUT2D eigenvalue weighted by molar-refractivity contribution is 0.322. The molecular formula is C11H16BFO5S. The molecule has 0 spiro atoms. The standard InChI is InChI=1S/C11H16BFO5S/c1-2-6-19(16,17)7-5-18-11-8-9(12(14)15)3-4-10(11)13/h3-4,8,14-15H,2,5-7H2,1H3. The van der Waals surface area contributed by atoms with Gasteiger partial charge in [0.1, 0.15) is 6.61 Å². The van der Waals surface area contributed by atoms with E-state index in [9.17, 15) is 12.8 Å². The topological polar surface area (TPSA) is 83.8 Å². The van der Waals surface area contributed by atoms with Gasteiger partial charge in [0.2, 0.25) is 0 Å². The molecule has 0 saturated heterocycles. The van der Waals surface area contributed by atoms with E-state index >= 15 is 0 Å². The highest BCUT2D eigenvalue weighted by molar-refractivity contribution is 7.91. The summed E-state index contributed by atoms with van der Waals surface area (Å²) in [6.45, 7) is 1.58. The molecule has 0 aliphatic heterocycles. The smallest absolute Gasteiger partial charge is 0.488 e. The van der Waals surface area contributed by atoms with Crippen LogP contribution in [-0.4, -0.2) is 43.7 Å². The average Bonchev–Trinajstić information content (AvgIpc) is 2.30. The molecule has 0 amide bonds. The predicted molar refractivity (Wildman–Crippen MR) is 70.7 cm³/mol. The van der Waals surface area contributed by atoms with Gasteiger partial charge in [-0.2, -0.15) is 0 Å². The molecule has 0 heterocycles. The second kappa shape index (κ2) is 6.88. The van der Waals surface area contributed by atoms with Crippen molar-refractivity contribution in [2.24, 2.45) is 0 Å². The van der Waals surface area contributed by atoms with Crippen molar-refractivity contribution in [3.63, 3.8) is 0 Å². The lowest BCUT2D eigenvalue weighted by atomic mass is 9.80. The number of hydrogen-bond donors (Lipinski definition) is 2. The molecular weight excluding hydrogens is 274 g/mol. The molecule has 1 rings (SSSR count). The fourth-order valence-electron chi connectivity index (χ4n) is 1.48. The summed E-state index contributed by atoms with van der Waals surface area (Å²) < 4.78 is 41.3. The molecule has 1 aromatic carbocycles. The summed E-state index contributed by atoms with van der Waals surface area (Å²) in [6, 6.07) is 3.37. The van der Waals surface area contributed by atoms with Gasteiger partial charge in [0.25, 0.3) is 0 Å². The predicted octanol–water partition coefficient (Wildman–Crippen LogP) is -0.291. The molecule has 106 valence electrons. The normalized spacial score (nSPS) is 11.4. The van der Waals surface area contributed by atoms with Gasteiger partial charge in [-0.25, -0.2) is 12.8 Å². The van der Waals surface area contributed by atoms with Gasteiger partial charge in [-0.1, -0.05) is 13.0 Å². The minimum absolute atomic E-state index is 0.0637. The van der Waals surface area contributed by atoms with Crippen LogP contribution in [0.1, 0.15) is 13.3 Å². The van der Waals surface area contributed by atoms with Crippen LogP contribution in [0, 0.1) is 5.82 Å². The van der Waals surface area contributed by atoms with Crippen molar-refractivity contribution >= 4 is 22.4 Å². The van der Waals surface area contributed by atoms with E-state index in [2.05, 4.69) is 0 Å². The molecule has 1 aromatic rings. The van der Waals surface area contributed by atoms with Gasteiger partial charge in [0, 0.05) is 0 Å². The molecule has 5 nitrogen and oxygen atoms in total. The van der Waals surface area contributed by atoms with Crippen LogP contribution in [0.3, 0.4) is 0 Å². The Morgan fingerprint density at radius 2 is 2.00 bits per heavy atom. The Kier molecular flexibility index (Phi) is 5.77. The third-order valence-electron chi connectivity index (χ3n) is 2.42. The zero-order valence-corrected chi connectivity index (χ0v) is 11.4. The van der Waals surface area contributed by atoms with E-state index in [1.165, 1.54) is 6.07 Å². The van der Waals surface area contributed by atoms with Gasteiger partial charge in [-0.05, 0) is 24.0 Å². The van der Waals surface area contributed by atoms with Crippen LogP contribution in [0.2, 0.25) is 0 Å². The monoisotopic (exact) mass is 290 g/mol. The van der Waals surface area contributed by atoms with Crippen molar-refractivity contribution in [1.82, 2.24) is 0 Å². The van der Waals surface area contributed by atoms with E-state index in [1.54, 1.807) is 6.92 Å². The summed E-state index contributed by atoms with van der Waals surface area (Å²) in [6.07, 6.45) is 0.517. The quantitative estimate of drug-likeness (QED) is 0.674. The van der Waals surface area contributed by atoms with Gasteiger partial charge in [0.05, 0.1) is 11.5 Å². The van der Waals surface area contributed by atoms with Crippen LogP contribution >= 0.6 is 0 Å². The van der Waals surface area contributed by atoms with Crippen molar-refractivity contribution in [2.45, 2.75) is 13.3 Å². The van der Waals surface area contributed by atoms with Gasteiger partial charge in [-0.15, -0.1) is 0 Å². The molecule has 19 heavy (non-hydrogen) atoms. The Hall–Kier alpha value is -1.12. The lowest BCUT2D eigenvalue weighted by Crippen LogP contribution is -2.30. The van der Waals surface area contributed by atoms with Gasteiger partial charge < -0.3 is 14.8 Å². The summed E-state index contributed by atoms with van der Waals surface area (Å²) in [5.41, 5.74) is 0.0767. The molecule has 0 atom stereocenters. The van der Waals surface area contributed by atoms with Crippen LogP contribution in [-0.2, 0) is 9.84 Å². The zero-order chi connectivity index (χ0) is 14.5. The lowest BCUT2D eigenvalue weighted by Gasteiger charge is -2.09. The first-order chi connectivity index (χ1) is 8.85. The Morgan fingerprint density at radius 1 is 1.32 bits per heavy atom. The van der Waals surface area contributed by atoms with Crippen LogP contribution in [0.4, 0.5) is 4.39 Å². The molecule has 8 heteroatoms. The first-order valence-electron chi connectivity index (χ1n) is 5.84. The fourth-order valence-corrected chi connectivity index (χ4v) is 2.65. The van der Waals surface area contributed by atoms with Gasteiger partial charge >= 0.3 is 7.12 Å². The Bertz CT molecular complexity index is 518. The number of hydrogen-bond acceptors (Lipinski definition) is 5. The Labute approximate surface area is 112 Å². The maximum atomic E-state index is 13.4. The van der Waals surface area contributed by atoms with Crippen molar-refractivity contribution in [3.8, 4) is 5.75 Å². The zero-order valence-electron chi connectivity index (χ0n) is 10.5. The van der Waals surface area contributed by atoms with E-state index in [4.69, 9.17) is 14.8 Å². The summed E-state index contributed by atoms with van der Waals surface area (Å²) in [5.74, 6) is -1.02. The largest absolute Gasteiger partial charge is 0.489 e. The SMILES string of the molecule is CCCS(=O)(=O)CCOc1cc(B(O)O)ccc1F. The molecule has 0 saturated carbocycles. The molecule has 0 aliphatic carbocycles. The maximum Gasteiger partial charge on any atom is 0.488 e. The van der Waals surface area contributed by atoms with Crippen molar-refractivity contribution in [1.29, 1.82) is 0 Å². The van der Waals surface area contributed by atoms with Crippen molar-refractivity contribution in [3.05, 3.63) is 24.0 Å². The van der Waals surface area contributed by atoms with Crippen LogP contribution < -0.4 is 10.2 Å². The first kappa shape index (κ1) is 15.9. The van der Waals surface area contributed by atoms with E-state index in [0.717, 1.165) is 12.1 Å². The molecule has 0 radical (unpaired) electrons. The first-order valence-corrected chi connectivity index (χ1v) is 7.66. The minimum atomic E-state index is -3.19. The maximum absolute atomic E-state index is 13.4. The van der Waals surface area contributed by atoms with Crippen molar-refractivity contribution in [2.75, 3.05) is 18.1 Å². The fraction of sp³-hybridized carbons (Fsp3) is 0.455. The molecule has 0 fully saturated rings. The van der Waals surface area contributed by atoms with Crippen LogP contribution in [0.5, 0.6) is 5.75 Å². The summed E-state index contributed by atoms with van der Waals surface area (Å²) >= 11 is 0. The summed E-state index contributed by atoms with van der Waals surface area (Å²) in [7, 11) is -4.92. The van der Waals surface area contributed by atoms with E-state index in [-0.39, 0.29) is 29.3 Å². The van der Waals surface area contributed by atoms with E-state index in [1.807, 2.05) is 0 Å². The number of halogens is 1. The summed E-state index contributed by atoms with van der Waals surface area (Å²) in [4.78, 5) is 0. The third kappa shape index (κ3) is 5.18. The van der Waals surface area contributed by atoms with Gasteiger partial charge in [0.15, 0.2) is 21.4 Å². The van der Waals surface area contributed by atoms with E-state index in [0.29, 0.717) is 6.42 Å². The number of benzene rings is 1. The second-order valence-electron chi connectivity index (χ2n) is 4.06. The average molecular weight is 290 g/mol. The van der Waals surface area contributed by atoms with E-state index < -0.39 is 22.8 Å². The molecule has 0 aromatic heterocycles. The minimum Gasteiger partial charge on any atom is -0.489 e. The Balaban J connectivity index is 2.65. The second-order valence-corrected chi connectivity index (χ2v) is 6.37. The van der Waals surface area contributed by atoms with Crippen LogP contribution in [0.25, 0.3) is 0 Å². The molecule has 0 aliphatic rings. The number of ether oxygens (including phenoxy) is 1. The Morgan fingerprint density at radius 3 is 2.58 bits per heavy atom. The van der Waals surface area contributed by atoms with Gasteiger partial charge in [-0.3, -0.25) is 0 Å². The molecule has 2 N–H and O–H groups in total. The highest BCUT2D eigenvalue weighted by atomic mass is 32.2. The molecule has 0 unspecified atom stereocenters. The summed E-state index contributed by atoms with van der Waals surface area (Å²) in [5, 5.41) is 17.9.